The summed E-state index contributed by atoms with van der Waals surface area (Å²) in [6.45, 7) is 3.14. The zero-order chi connectivity index (χ0) is 23.2. The number of benzene rings is 2. The molecule has 2 aromatic carbocycles. The quantitative estimate of drug-likeness (QED) is 0.492. The van der Waals surface area contributed by atoms with Gasteiger partial charge in [0.1, 0.15) is 18.1 Å². The lowest BCUT2D eigenvalue weighted by molar-refractivity contribution is -0.122. The summed E-state index contributed by atoms with van der Waals surface area (Å²) in [6.07, 6.45) is 0. The molecule has 0 bridgehead atoms. The number of hydrogen-bond acceptors (Lipinski definition) is 6. The Hall–Kier alpha value is -3.08. The molecule has 33 heavy (non-hydrogen) atoms. The molecule has 1 amide bonds. The number of aromatic amines is 1. The monoisotopic (exact) mass is 471 g/mol. The molecule has 10 heteroatoms. The van der Waals surface area contributed by atoms with Gasteiger partial charge in [-0.3, -0.25) is 19.4 Å². The van der Waals surface area contributed by atoms with Gasteiger partial charge in [-0.2, -0.15) is 5.10 Å². The number of ether oxygens (including phenoxy) is 2. The van der Waals surface area contributed by atoms with E-state index in [0.717, 1.165) is 30.0 Å². The predicted molar refractivity (Wildman–Crippen MR) is 124 cm³/mol. The number of morpholine rings is 1. The van der Waals surface area contributed by atoms with Gasteiger partial charge in [0, 0.05) is 25.2 Å². The SMILES string of the molecule is COc1ccc(-c2n[nH]c(=S)n2CC(=O)NC[C@@H](c2ccc(F)cc2)N2CCOCC2)cc1. The molecule has 0 unspecified atom stereocenters. The summed E-state index contributed by atoms with van der Waals surface area (Å²) in [5.41, 5.74) is 1.76. The van der Waals surface area contributed by atoms with Gasteiger partial charge < -0.3 is 14.8 Å². The van der Waals surface area contributed by atoms with E-state index in [1.807, 2.05) is 24.3 Å². The Morgan fingerprint density at radius 3 is 2.58 bits per heavy atom. The molecule has 1 aliphatic heterocycles. The van der Waals surface area contributed by atoms with Crippen LogP contribution in [0.1, 0.15) is 11.6 Å². The molecule has 3 aromatic rings. The standard InChI is InChI=1S/C23H26FN5O3S/c1-31-19-8-4-17(5-9-19)22-26-27-23(33)29(22)15-21(30)25-14-20(28-10-12-32-13-11-28)16-2-6-18(24)7-3-16/h2-9,20H,10-15H2,1H3,(H,25,30)(H,27,33)/t20-/m0/s1. The average molecular weight is 472 g/mol. The van der Waals surface area contributed by atoms with Crippen LogP contribution in [0.25, 0.3) is 11.4 Å². The van der Waals surface area contributed by atoms with Crippen LogP contribution in [0.4, 0.5) is 4.39 Å². The second-order valence-electron chi connectivity index (χ2n) is 7.69. The smallest absolute Gasteiger partial charge is 0.240 e. The number of halogens is 1. The summed E-state index contributed by atoms with van der Waals surface area (Å²) < 4.78 is 26.1. The van der Waals surface area contributed by atoms with Crippen molar-refractivity contribution >= 4 is 18.1 Å². The largest absolute Gasteiger partial charge is 0.497 e. The molecular weight excluding hydrogens is 445 g/mol. The van der Waals surface area contributed by atoms with Gasteiger partial charge >= 0.3 is 0 Å². The summed E-state index contributed by atoms with van der Waals surface area (Å²) in [7, 11) is 1.60. The molecule has 2 N–H and O–H groups in total. The van der Waals surface area contributed by atoms with E-state index in [4.69, 9.17) is 21.7 Å². The van der Waals surface area contributed by atoms with Crippen molar-refractivity contribution < 1.29 is 18.7 Å². The first-order chi connectivity index (χ1) is 16.0. The zero-order valence-corrected chi connectivity index (χ0v) is 19.1. The summed E-state index contributed by atoms with van der Waals surface area (Å²) >= 11 is 5.35. The minimum Gasteiger partial charge on any atom is -0.497 e. The van der Waals surface area contributed by atoms with Gasteiger partial charge in [0.05, 0.1) is 26.4 Å². The first kappa shape index (κ1) is 23.1. The van der Waals surface area contributed by atoms with E-state index in [-0.39, 0.29) is 24.3 Å². The van der Waals surface area contributed by atoms with Gasteiger partial charge in [-0.15, -0.1) is 0 Å². The number of rotatable bonds is 8. The van der Waals surface area contributed by atoms with E-state index in [1.165, 1.54) is 12.1 Å². The summed E-state index contributed by atoms with van der Waals surface area (Å²) in [6, 6.07) is 13.7. The third-order valence-electron chi connectivity index (χ3n) is 5.64. The van der Waals surface area contributed by atoms with E-state index in [9.17, 15) is 9.18 Å². The Labute approximate surface area is 196 Å². The van der Waals surface area contributed by atoms with Crippen molar-refractivity contribution in [2.45, 2.75) is 12.6 Å². The van der Waals surface area contributed by atoms with E-state index < -0.39 is 0 Å². The number of hydrogen-bond donors (Lipinski definition) is 2. The van der Waals surface area contributed by atoms with Crippen molar-refractivity contribution in [3.05, 3.63) is 64.7 Å². The highest BCUT2D eigenvalue weighted by Gasteiger charge is 2.23. The summed E-state index contributed by atoms with van der Waals surface area (Å²) in [4.78, 5) is 15.1. The lowest BCUT2D eigenvalue weighted by atomic mass is 10.0. The molecule has 1 saturated heterocycles. The Morgan fingerprint density at radius 1 is 1.21 bits per heavy atom. The number of nitrogens with one attached hydrogen (secondary N) is 2. The highest BCUT2D eigenvalue weighted by atomic mass is 32.1. The zero-order valence-electron chi connectivity index (χ0n) is 18.3. The van der Waals surface area contributed by atoms with Gasteiger partial charge in [0.2, 0.25) is 5.91 Å². The van der Waals surface area contributed by atoms with Crippen LogP contribution < -0.4 is 10.1 Å². The maximum atomic E-state index is 13.4. The van der Waals surface area contributed by atoms with Gasteiger partial charge in [-0.1, -0.05) is 12.1 Å². The van der Waals surface area contributed by atoms with Crippen LogP contribution in [0, 0.1) is 10.6 Å². The molecule has 1 atom stereocenters. The molecule has 0 spiro atoms. The van der Waals surface area contributed by atoms with Crippen molar-refractivity contribution in [2.24, 2.45) is 0 Å². The van der Waals surface area contributed by atoms with Crippen molar-refractivity contribution in [1.29, 1.82) is 0 Å². The number of carbonyl (C=O) groups is 1. The molecule has 0 radical (unpaired) electrons. The first-order valence-electron chi connectivity index (χ1n) is 10.7. The van der Waals surface area contributed by atoms with Crippen LogP contribution in [-0.4, -0.2) is 65.5 Å². The van der Waals surface area contributed by atoms with Crippen molar-refractivity contribution in [2.75, 3.05) is 40.0 Å². The first-order valence-corrected chi connectivity index (χ1v) is 11.1. The Bertz CT molecular complexity index is 1120. The Kier molecular flexibility index (Phi) is 7.48. The number of methoxy groups -OCH3 is 1. The Balaban J connectivity index is 1.47. The van der Waals surface area contributed by atoms with E-state index in [2.05, 4.69) is 20.4 Å². The lowest BCUT2D eigenvalue weighted by Crippen LogP contribution is -2.44. The van der Waals surface area contributed by atoms with E-state index in [0.29, 0.717) is 30.4 Å². The fourth-order valence-corrected chi connectivity index (χ4v) is 4.06. The van der Waals surface area contributed by atoms with Gasteiger partial charge in [-0.25, -0.2) is 4.39 Å². The second kappa shape index (κ2) is 10.7. The van der Waals surface area contributed by atoms with Crippen LogP contribution in [0.5, 0.6) is 5.75 Å². The molecule has 174 valence electrons. The van der Waals surface area contributed by atoms with Crippen LogP contribution in [0.3, 0.4) is 0 Å². The maximum absolute atomic E-state index is 13.4. The van der Waals surface area contributed by atoms with E-state index >= 15 is 0 Å². The molecule has 2 heterocycles. The van der Waals surface area contributed by atoms with Crippen molar-refractivity contribution in [3.63, 3.8) is 0 Å². The predicted octanol–water partition coefficient (Wildman–Crippen LogP) is 2.95. The van der Waals surface area contributed by atoms with Crippen LogP contribution in [-0.2, 0) is 16.1 Å². The lowest BCUT2D eigenvalue weighted by Gasteiger charge is -2.35. The summed E-state index contributed by atoms with van der Waals surface area (Å²) in [5.74, 6) is 0.819. The molecule has 8 nitrogen and oxygen atoms in total. The van der Waals surface area contributed by atoms with Crippen molar-refractivity contribution in [1.82, 2.24) is 25.0 Å². The van der Waals surface area contributed by atoms with Crippen LogP contribution in [0.15, 0.2) is 48.5 Å². The molecule has 1 fully saturated rings. The summed E-state index contributed by atoms with van der Waals surface area (Å²) in [5, 5.41) is 10.1. The number of H-pyrrole nitrogens is 1. The van der Waals surface area contributed by atoms with Gasteiger partial charge in [-0.05, 0) is 54.2 Å². The molecular formula is C23H26FN5O3S. The van der Waals surface area contributed by atoms with Crippen LogP contribution in [0.2, 0.25) is 0 Å². The fraction of sp³-hybridized carbons (Fsp3) is 0.348. The van der Waals surface area contributed by atoms with Crippen LogP contribution >= 0.6 is 12.2 Å². The molecule has 1 aromatic heterocycles. The van der Waals surface area contributed by atoms with E-state index in [1.54, 1.807) is 23.8 Å². The number of nitrogens with zero attached hydrogens (tertiary/aromatic N) is 3. The van der Waals surface area contributed by atoms with Crippen molar-refractivity contribution in [3.8, 4) is 17.1 Å². The number of carbonyl (C=O) groups excluding carboxylic acids is 1. The molecule has 1 aliphatic rings. The minimum atomic E-state index is -0.288. The fourth-order valence-electron chi connectivity index (χ4n) is 3.87. The third-order valence-corrected chi connectivity index (χ3v) is 5.95. The minimum absolute atomic E-state index is 0.0238. The second-order valence-corrected chi connectivity index (χ2v) is 8.07. The molecule has 0 saturated carbocycles. The average Bonchev–Trinajstić information content (AvgIpc) is 3.21. The highest BCUT2D eigenvalue weighted by Crippen LogP contribution is 2.23. The topological polar surface area (TPSA) is 84.4 Å². The maximum Gasteiger partial charge on any atom is 0.240 e. The normalized spacial score (nSPS) is 15.2. The van der Waals surface area contributed by atoms with Gasteiger partial charge in [0.15, 0.2) is 10.6 Å². The number of amides is 1. The third kappa shape index (κ3) is 5.65. The highest BCUT2D eigenvalue weighted by molar-refractivity contribution is 7.71. The van der Waals surface area contributed by atoms with Gasteiger partial charge in [0.25, 0.3) is 0 Å². The Morgan fingerprint density at radius 2 is 1.91 bits per heavy atom. The number of aromatic nitrogens is 3. The molecule has 0 aliphatic carbocycles. The molecule has 4 rings (SSSR count).